The van der Waals surface area contributed by atoms with E-state index in [0.717, 1.165) is 6.42 Å². The van der Waals surface area contributed by atoms with Crippen molar-refractivity contribution in [2.75, 3.05) is 11.5 Å². The van der Waals surface area contributed by atoms with Gasteiger partial charge in [-0.1, -0.05) is 27.2 Å². The van der Waals surface area contributed by atoms with Crippen molar-refractivity contribution in [3.63, 3.8) is 0 Å². The zero-order valence-electron chi connectivity index (χ0n) is 9.02. The van der Waals surface area contributed by atoms with Gasteiger partial charge in [0.25, 0.3) is 0 Å². The summed E-state index contributed by atoms with van der Waals surface area (Å²) in [4.78, 5) is 0. The van der Waals surface area contributed by atoms with E-state index in [1.807, 2.05) is 25.6 Å². The lowest BCUT2D eigenvalue weighted by molar-refractivity contribution is 0.448. The molecule has 78 valence electrons. The highest BCUT2D eigenvalue weighted by Gasteiger charge is 2.20. The van der Waals surface area contributed by atoms with E-state index in [-0.39, 0.29) is 5.41 Å². The summed E-state index contributed by atoms with van der Waals surface area (Å²) < 4.78 is 0. The first kappa shape index (κ1) is 12.8. The van der Waals surface area contributed by atoms with Gasteiger partial charge in [0, 0.05) is 5.41 Å². The third-order valence-electron chi connectivity index (χ3n) is 2.27. The first-order chi connectivity index (χ1) is 6.00. The molecule has 0 unspecified atom stereocenters. The highest BCUT2D eigenvalue weighted by molar-refractivity contribution is 7.99. The van der Waals surface area contributed by atoms with Crippen molar-refractivity contribution in [2.45, 2.75) is 40.0 Å². The molecule has 0 radical (unpaired) electrons. The molecule has 0 aliphatic heterocycles. The normalized spacial score (nSPS) is 11.6. The summed E-state index contributed by atoms with van der Waals surface area (Å²) >= 11 is 1.98. The van der Waals surface area contributed by atoms with Gasteiger partial charge in [0.2, 0.25) is 0 Å². The SMILES string of the molecule is CCSCCCCC(C)(C)C(=N)N. The third-order valence-corrected chi connectivity index (χ3v) is 3.26. The van der Waals surface area contributed by atoms with Gasteiger partial charge in [-0.3, -0.25) is 5.41 Å². The zero-order valence-corrected chi connectivity index (χ0v) is 9.84. The number of rotatable bonds is 7. The molecule has 0 saturated carbocycles. The van der Waals surface area contributed by atoms with Crippen molar-refractivity contribution in [3.05, 3.63) is 0 Å². The number of amidine groups is 1. The Morgan fingerprint density at radius 2 is 2.00 bits per heavy atom. The predicted octanol–water partition coefficient (Wildman–Crippen LogP) is 2.87. The molecular weight excluding hydrogens is 180 g/mol. The maximum Gasteiger partial charge on any atom is 0.0963 e. The van der Waals surface area contributed by atoms with Crippen LogP contribution in [0.25, 0.3) is 0 Å². The topological polar surface area (TPSA) is 49.9 Å². The van der Waals surface area contributed by atoms with Crippen LogP contribution in [-0.2, 0) is 0 Å². The van der Waals surface area contributed by atoms with Crippen LogP contribution in [0.4, 0.5) is 0 Å². The molecule has 13 heavy (non-hydrogen) atoms. The Balaban J connectivity index is 3.46. The first-order valence-corrected chi connectivity index (χ1v) is 6.08. The second kappa shape index (κ2) is 6.30. The van der Waals surface area contributed by atoms with Crippen LogP contribution in [-0.4, -0.2) is 17.3 Å². The van der Waals surface area contributed by atoms with Crippen molar-refractivity contribution < 1.29 is 0 Å². The zero-order chi connectivity index (χ0) is 10.3. The second-order valence-electron chi connectivity index (χ2n) is 3.95. The fourth-order valence-corrected chi connectivity index (χ4v) is 1.75. The van der Waals surface area contributed by atoms with Gasteiger partial charge in [0.1, 0.15) is 0 Å². The van der Waals surface area contributed by atoms with E-state index in [1.165, 1.54) is 24.3 Å². The molecule has 3 heteroatoms. The summed E-state index contributed by atoms with van der Waals surface area (Å²) in [5, 5.41) is 7.39. The monoisotopic (exact) mass is 202 g/mol. The quantitative estimate of drug-likeness (QED) is 0.379. The molecule has 0 aromatic carbocycles. The number of thioether (sulfide) groups is 1. The van der Waals surface area contributed by atoms with Crippen LogP contribution in [0.3, 0.4) is 0 Å². The van der Waals surface area contributed by atoms with E-state index in [9.17, 15) is 0 Å². The van der Waals surface area contributed by atoms with E-state index in [0.29, 0.717) is 5.84 Å². The smallest absolute Gasteiger partial charge is 0.0963 e. The minimum Gasteiger partial charge on any atom is -0.387 e. The van der Waals surface area contributed by atoms with Crippen LogP contribution >= 0.6 is 11.8 Å². The molecule has 2 nitrogen and oxygen atoms in total. The summed E-state index contributed by atoms with van der Waals surface area (Å²) in [6.45, 7) is 6.27. The van der Waals surface area contributed by atoms with E-state index in [2.05, 4.69) is 6.92 Å². The maximum atomic E-state index is 7.39. The molecule has 0 heterocycles. The van der Waals surface area contributed by atoms with Gasteiger partial charge in [-0.15, -0.1) is 0 Å². The highest BCUT2D eigenvalue weighted by Crippen LogP contribution is 2.23. The molecule has 0 aromatic rings. The van der Waals surface area contributed by atoms with Gasteiger partial charge in [-0.05, 0) is 24.3 Å². The average Bonchev–Trinajstić information content (AvgIpc) is 2.03. The molecule has 0 rings (SSSR count). The lowest BCUT2D eigenvalue weighted by Gasteiger charge is -2.22. The van der Waals surface area contributed by atoms with E-state index in [4.69, 9.17) is 11.1 Å². The average molecular weight is 202 g/mol. The summed E-state index contributed by atoms with van der Waals surface area (Å²) in [7, 11) is 0. The lowest BCUT2D eigenvalue weighted by Crippen LogP contribution is -2.30. The van der Waals surface area contributed by atoms with Gasteiger partial charge in [0.15, 0.2) is 0 Å². The number of hydrogen-bond acceptors (Lipinski definition) is 2. The van der Waals surface area contributed by atoms with E-state index < -0.39 is 0 Å². The number of hydrogen-bond donors (Lipinski definition) is 2. The van der Waals surface area contributed by atoms with Gasteiger partial charge < -0.3 is 5.73 Å². The summed E-state index contributed by atoms with van der Waals surface area (Å²) in [6.07, 6.45) is 3.46. The summed E-state index contributed by atoms with van der Waals surface area (Å²) in [5.41, 5.74) is 5.39. The minimum absolute atomic E-state index is 0.100. The molecule has 0 atom stereocenters. The van der Waals surface area contributed by atoms with Crippen molar-refractivity contribution in [1.82, 2.24) is 0 Å². The molecule has 0 aliphatic rings. The Bertz CT molecular complexity index is 155. The largest absolute Gasteiger partial charge is 0.387 e. The molecule has 0 aliphatic carbocycles. The molecule has 0 saturated heterocycles. The van der Waals surface area contributed by atoms with E-state index >= 15 is 0 Å². The fourth-order valence-electron chi connectivity index (χ4n) is 1.05. The lowest BCUT2D eigenvalue weighted by atomic mass is 9.86. The van der Waals surface area contributed by atoms with Crippen molar-refractivity contribution >= 4 is 17.6 Å². The van der Waals surface area contributed by atoms with Crippen LogP contribution in [0.5, 0.6) is 0 Å². The Hall–Kier alpha value is -0.180. The van der Waals surface area contributed by atoms with Crippen LogP contribution in [0.2, 0.25) is 0 Å². The van der Waals surface area contributed by atoms with Gasteiger partial charge in [-0.25, -0.2) is 0 Å². The van der Waals surface area contributed by atoms with Crippen LogP contribution in [0.1, 0.15) is 40.0 Å². The van der Waals surface area contributed by atoms with Crippen molar-refractivity contribution in [1.29, 1.82) is 5.41 Å². The fraction of sp³-hybridized carbons (Fsp3) is 0.900. The minimum atomic E-state index is -0.100. The number of nitrogens with one attached hydrogen (secondary N) is 1. The highest BCUT2D eigenvalue weighted by atomic mass is 32.2. The maximum absolute atomic E-state index is 7.39. The molecule has 3 N–H and O–H groups in total. The van der Waals surface area contributed by atoms with Gasteiger partial charge in [0.05, 0.1) is 5.84 Å². The molecular formula is C10H22N2S. The molecule has 0 bridgehead atoms. The third kappa shape index (κ3) is 5.97. The standard InChI is InChI=1S/C10H22N2S/c1-4-13-8-6-5-7-10(2,3)9(11)12/h4-8H2,1-3H3,(H3,11,12). The Morgan fingerprint density at radius 1 is 1.38 bits per heavy atom. The Morgan fingerprint density at radius 3 is 2.46 bits per heavy atom. The summed E-state index contributed by atoms with van der Waals surface area (Å²) in [6, 6.07) is 0. The van der Waals surface area contributed by atoms with Crippen LogP contribution in [0, 0.1) is 10.8 Å². The molecule has 0 spiro atoms. The number of unbranched alkanes of at least 4 members (excludes halogenated alkanes) is 1. The van der Waals surface area contributed by atoms with Crippen molar-refractivity contribution in [2.24, 2.45) is 11.1 Å². The van der Waals surface area contributed by atoms with Crippen molar-refractivity contribution in [3.8, 4) is 0 Å². The Kier molecular flexibility index (Phi) is 6.21. The van der Waals surface area contributed by atoms with Gasteiger partial charge in [-0.2, -0.15) is 11.8 Å². The first-order valence-electron chi connectivity index (χ1n) is 4.93. The van der Waals surface area contributed by atoms with E-state index in [1.54, 1.807) is 0 Å². The summed E-state index contributed by atoms with van der Waals surface area (Å²) in [5.74, 6) is 2.76. The molecule has 0 fully saturated rings. The van der Waals surface area contributed by atoms with Gasteiger partial charge >= 0.3 is 0 Å². The predicted molar refractivity (Wildman–Crippen MR) is 62.5 cm³/mol. The Labute approximate surface area is 86.2 Å². The molecule has 0 amide bonds. The molecule has 0 aromatic heterocycles. The second-order valence-corrected chi connectivity index (χ2v) is 5.35. The van der Waals surface area contributed by atoms with Crippen LogP contribution in [0.15, 0.2) is 0 Å². The number of nitrogens with two attached hydrogens (primary N) is 1. The van der Waals surface area contributed by atoms with Crippen LogP contribution < -0.4 is 5.73 Å².